The van der Waals surface area contributed by atoms with E-state index in [2.05, 4.69) is 25.9 Å². The molecular formula is C6H9BrN2. The minimum absolute atomic E-state index is 0.985. The zero-order valence-corrected chi connectivity index (χ0v) is 6.90. The fourth-order valence-electron chi connectivity index (χ4n) is 0.729. The molecule has 1 aromatic heterocycles. The molecule has 0 atom stereocenters. The van der Waals surface area contributed by atoms with Gasteiger partial charge in [0.25, 0.3) is 0 Å². The Kier molecular flexibility index (Phi) is 2.28. The molecule has 0 aromatic carbocycles. The van der Waals surface area contributed by atoms with Gasteiger partial charge in [0.2, 0.25) is 0 Å². The van der Waals surface area contributed by atoms with E-state index < -0.39 is 0 Å². The van der Waals surface area contributed by atoms with Gasteiger partial charge in [0.1, 0.15) is 0 Å². The van der Waals surface area contributed by atoms with Gasteiger partial charge in [-0.15, -0.1) is 0 Å². The van der Waals surface area contributed by atoms with Crippen LogP contribution in [-0.2, 0) is 6.42 Å². The largest absolute Gasteiger partial charge is 0.348 e. The Morgan fingerprint density at radius 3 is 3.00 bits per heavy atom. The standard InChI is InChI=1S/C6H9BrN2/c1-5-6(2-3-7)9-4-8-5/h4H,2-3H2,1H3,(H,8,9). The zero-order valence-electron chi connectivity index (χ0n) is 5.32. The third-order valence-corrected chi connectivity index (χ3v) is 1.66. The van der Waals surface area contributed by atoms with Crippen LogP contribution in [0.2, 0.25) is 0 Å². The summed E-state index contributed by atoms with van der Waals surface area (Å²) < 4.78 is 0. The quantitative estimate of drug-likeness (QED) is 0.704. The van der Waals surface area contributed by atoms with Gasteiger partial charge in [-0.25, -0.2) is 4.98 Å². The Balaban J connectivity index is 2.69. The lowest BCUT2D eigenvalue weighted by molar-refractivity contribution is 1.06. The third-order valence-electron chi connectivity index (χ3n) is 1.27. The van der Waals surface area contributed by atoms with Gasteiger partial charge in [-0.2, -0.15) is 0 Å². The van der Waals surface area contributed by atoms with Crippen molar-refractivity contribution in [2.45, 2.75) is 13.3 Å². The second-order valence-electron chi connectivity index (χ2n) is 1.91. The highest BCUT2D eigenvalue weighted by molar-refractivity contribution is 9.09. The number of H-pyrrole nitrogens is 1. The monoisotopic (exact) mass is 188 g/mol. The van der Waals surface area contributed by atoms with E-state index >= 15 is 0 Å². The molecule has 2 nitrogen and oxygen atoms in total. The molecule has 1 heterocycles. The molecule has 1 aromatic rings. The Hall–Kier alpha value is -0.310. The van der Waals surface area contributed by atoms with Crippen LogP contribution in [0.5, 0.6) is 0 Å². The molecule has 0 aliphatic carbocycles. The predicted molar refractivity (Wildman–Crippen MR) is 40.8 cm³/mol. The Morgan fingerprint density at radius 2 is 2.56 bits per heavy atom. The molecule has 3 heteroatoms. The van der Waals surface area contributed by atoms with Gasteiger partial charge in [0.15, 0.2) is 0 Å². The van der Waals surface area contributed by atoms with Crippen molar-refractivity contribution >= 4 is 15.9 Å². The number of aryl methyl sites for hydroxylation is 2. The molecule has 0 unspecified atom stereocenters. The van der Waals surface area contributed by atoms with Gasteiger partial charge in [-0.3, -0.25) is 0 Å². The number of halogens is 1. The lowest BCUT2D eigenvalue weighted by Crippen LogP contribution is -1.87. The van der Waals surface area contributed by atoms with Crippen LogP contribution in [0.1, 0.15) is 11.4 Å². The van der Waals surface area contributed by atoms with Crippen LogP contribution in [0.4, 0.5) is 0 Å². The average Bonchev–Trinajstić information content (AvgIpc) is 2.18. The van der Waals surface area contributed by atoms with Gasteiger partial charge >= 0.3 is 0 Å². The summed E-state index contributed by atoms with van der Waals surface area (Å²) in [6.07, 6.45) is 2.74. The summed E-state index contributed by atoms with van der Waals surface area (Å²) in [6, 6.07) is 0. The number of imidazole rings is 1. The van der Waals surface area contributed by atoms with Crippen molar-refractivity contribution in [3.05, 3.63) is 17.7 Å². The number of aromatic amines is 1. The van der Waals surface area contributed by atoms with Crippen LogP contribution in [0, 0.1) is 6.92 Å². The molecule has 1 rings (SSSR count). The number of hydrogen-bond acceptors (Lipinski definition) is 1. The van der Waals surface area contributed by atoms with Crippen molar-refractivity contribution in [2.75, 3.05) is 5.33 Å². The first kappa shape index (κ1) is 6.81. The van der Waals surface area contributed by atoms with Crippen molar-refractivity contribution < 1.29 is 0 Å². The Morgan fingerprint density at radius 1 is 1.78 bits per heavy atom. The molecule has 1 N–H and O–H groups in total. The Bertz CT molecular complexity index is 183. The fourth-order valence-corrected chi connectivity index (χ4v) is 1.10. The van der Waals surface area contributed by atoms with E-state index in [1.165, 1.54) is 5.69 Å². The molecule has 0 amide bonds. The third kappa shape index (κ3) is 1.55. The lowest BCUT2D eigenvalue weighted by atomic mass is 10.3. The molecule has 0 fully saturated rings. The smallest absolute Gasteiger partial charge is 0.0925 e. The maximum atomic E-state index is 4.12. The maximum absolute atomic E-state index is 4.12. The minimum atomic E-state index is 0.985. The molecule has 0 saturated carbocycles. The van der Waals surface area contributed by atoms with Crippen LogP contribution in [-0.4, -0.2) is 15.3 Å². The fraction of sp³-hybridized carbons (Fsp3) is 0.500. The molecule has 50 valence electrons. The van der Waals surface area contributed by atoms with Crippen LogP contribution in [0.15, 0.2) is 6.33 Å². The van der Waals surface area contributed by atoms with E-state index in [-0.39, 0.29) is 0 Å². The second kappa shape index (κ2) is 3.01. The van der Waals surface area contributed by atoms with Crippen molar-refractivity contribution in [1.82, 2.24) is 9.97 Å². The van der Waals surface area contributed by atoms with Gasteiger partial charge in [-0.1, -0.05) is 15.9 Å². The SMILES string of the molecule is Cc1[nH]cnc1CCBr. The normalized spacial score (nSPS) is 10.0. The molecule has 0 aliphatic rings. The Labute approximate surface area is 62.8 Å². The molecular weight excluding hydrogens is 180 g/mol. The predicted octanol–water partition coefficient (Wildman–Crippen LogP) is 1.66. The highest BCUT2D eigenvalue weighted by atomic mass is 79.9. The molecule has 0 radical (unpaired) electrons. The van der Waals surface area contributed by atoms with Gasteiger partial charge in [-0.05, 0) is 6.92 Å². The number of nitrogens with zero attached hydrogens (tertiary/aromatic N) is 1. The second-order valence-corrected chi connectivity index (χ2v) is 2.71. The number of aromatic nitrogens is 2. The summed E-state index contributed by atoms with van der Waals surface area (Å²) in [6.45, 7) is 2.03. The summed E-state index contributed by atoms with van der Waals surface area (Å²) in [5.74, 6) is 0. The summed E-state index contributed by atoms with van der Waals surface area (Å²) in [5, 5.41) is 0.985. The van der Waals surface area contributed by atoms with Crippen molar-refractivity contribution in [1.29, 1.82) is 0 Å². The van der Waals surface area contributed by atoms with E-state index in [1.807, 2.05) is 6.92 Å². The number of rotatable bonds is 2. The van der Waals surface area contributed by atoms with Gasteiger partial charge in [0.05, 0.1) is 12.0 Å². The maximum Gasteiger partial charge on any atom is 0.0925 e. The summed E-state index contributed by atoms with van der Waals surface area (Å²) in [4.78, 5) is 7.14. The summed E-state index contributed by atoms with van der Waals surface area (Å²) >= 11 is 3.35. The number of hydrogen-bond donors (Lipinski definition) is 1. The first-order chi connectivity index (χ1) is 4.34. The van der Waals surface area contributed by atoms with Gasteiger partial charge in [0, 0.05) is 17.4 Å². The average molecular weight is 189 g/mol. The molecule has 0 spiro atoms. The number of nitrogens with one attached hydrogen (secondary N) is 1. The first-order valence-electron chi connectivity index (χ1n) is 2.89. The lowest BCUT2D eigenvalue weighted by Gasteiger charge is -1.90. The highest BCUT2D eigenvalue weighted by Gasteiger charge is 1.96. The van der Waals surface area contributed by atoms with E-state index in [0.717, 1.165) is 17.4 Å². The van der Waals surface area contributed by atoms with Crippen LogP contribution < -0.4 is 0 Å². The van der Waals surface area contributed by atoms with Gasteiger partial charge < -0.3 is 4.98 Å². The van der Waals surface area contributed by atoms with Crippen LogP contribution in [0.25, 0.3) is 0 Å². The molecule has 9 heavy (non-hydrogen) atoms. The molecule has 0 saturated heterocycles. The summed E-state index contributed by atoms with van der Waals surface area (Å²) in [5.41, 5.74) is 2.33. The topological polar surface area (TPSA) is 28.7 Å². The van der Waals surface area contributed by atoms with Crippen LogP contribution >= 0.6 is 15.9 Å². The highest BCUT2D eigenvalue weighted by Crippen LogP contribution is 2.02. The van der Waals surface area contributed by atoms with Crippen LogP contribution in [0.3, 0.4) is 0 Å². The van der Waals surface area contributed by atoms with Crippen molar-refractivity contribution in [2.24, 2.45) is 0 Å². The first-order valence-corrected chi connectivity index (χ1v) is 4.01. The van der Waals surface area contributed by atoms with E-state index in [9.17, 15) is 0 Å². The van der Waals surface area contributed by atoms with E-state index in [1.54, 1.807) is 6.33 Å². The van der Waals surface area contributed by atoms with E-state index in [0.29, 0.717) is 0 Å². The number of alkyl halides is 1. The molecule has 0 bridgehead atoms. The minimum Gasteiger partial charge on any atom is -0.348 e. The summed E-state index contributed by atoms with van der Waals surface area (Å²) in [7, 11) is 0. The van der Waals surface area contributed by atoms with Crippen molar-refractivity contribution in [3.8, 4) is 0 Å². The molecule has 0 aliphatic heterocycles. The van der Waals surface area contributed by atoms with Crippen molar-refractivity contribution in [3.63, 3.8) is 0 Å². The van der Waals surface area contributed by atoms with E-state index in [4.69, 9.17) is 0 Å². The zero-order chi connectivity index (χ0) is 6.69.